The summed E-state index contributed by atoms with van der Waals surface area (Å²) in [6, 6.07) is 16.4. The minimum absolute atomic E-state index is 0. The molecule has 7 nitrogen and oxygen atoms in total. The smallest absolute Gasteiger partial charge is 0.255 e. The van der Waals surface area contributed by atoms with Gasteiger partial charge in [0, 0.05) is 29.2 Å². The lowest BCUT2D eigenvalue weighted by atomic mass is 9.88. The Kier molecular flexibility index (Phi) is 8.40. The standard InChI is InChI=1S/C31H29FN4O3S.ClH/c1-35-13-10-21(11-14-35)19-2-4-20(5-3-19)22-6-7-23-18-36(30(39)25(23)16-22)28(26-17-24(32)8-9-27(26)37)29(38)34-31-33-12-15-40-31;/h2-9,12,15-17,21,28,37H,10-11,13-14,18H2,1H3,(H,33,34,38);1H. The molecule has 3 heterocycles. The third-order valence-electron chi connectivity index (χ3n) is 7.88. The van der Waals surface area contributed by atoms with Crippen LogP contribution in [-0.4, -0.2) is 51.8 Å². The number of thiazole rings is 1. The average Bonchev–Trinajstić information content (AvgIpc) is 3.59. The quantitative estimate of drug-likeness (QED) is 0.278. The molecule has 2 aliphatic heterocycles. The number of aromatic nitrogens is 1. The van der Waals surface area contributed by atoms with Crippen LogP contribution in [0.1, 0.15) is 51.8 Å². The monoisotopic (exact) mass is 592 g/mol. The Bertz CT molecular complexity index is 1560. The van der Waals surface area contributed by atoms with E-state index in [0.717, 1.165) is 54.8 Å². The van der Waals surface area contributed by atoms with Gasteiger partial charge in [0.25, 0.3) is 11.8 Å². The first-order chi connectivity index (χ1) is 19.4. The number of halogens is 2. The fraction of sp³-hybridized carbons (Fsp3) is 0.258. The van der Waals surface area contributed by atoms with E-state index in [1.165, 1.54) is 27.9 Å². The molecule has 2 amide bonds. The van der Waals surface area contributed by atoms with Crippen molar-refractivity contribution in [2.75, 3.05) is 25.5 Å². The summed E-state index contributed by atoms with van der Waals surface area (Å²) in [5.41, 5.74) is 4.51. The first-order valence-electron chi connectivity index (χ1n) is 13.3. The Hall–Kier alpha value is -3.79. The summed E-state index contributed by atoms with van der Waals surface area (Å²) in [5, 5.41) is 15.3. The summed E-state index contributed by atoms with van der Waals surface area (Å²) >= 11 is 1.23. The number of carbonyl (C=O) groups excluding carboxylic acids is 2. The van der Waals surface area contributed by atoms with Gasteiger partial charge in [0.1, 0.15) is 17.6 Å². The van der Waals surface area contributed by atoms with Gasteiger partial charge in [0.2, 0.25) is 0 Å². The second-order valence-corrected chi connectivity index (χ2v) is 11.3. The van der Waals surface area contributed by atoms with E-state index in [9.17, 15) is 19.1 Å². The van der Waals surface area contributed by atoms with Crippen molar-refractivity contribution < 1.29 is 19.1 Å². The van der Waals surface area contributed by atoms with Gasteiger partial charge in [-0.25, -0.2) is 9.37 Å². The fourth-order valence-electron chi connectivity index (χ4n) is 5.66. The van der Waals surface area contributed by atoms with E-state index in [1.54, 1.807) is 11.6 Å². The molecular formula is C31H30ClFN4O3S. The SMILES string of the molecule is CN1CCC(c2ccc(-c3ccc4c(c3)C(=O)N(C(C(=O)Nc3nccs3)c3cc(F)ccc3O)C4)cc2)CC1.Cl. The first kappa shape index (κ1) is 28.7. The van der Waals surface area contributed by atoms with Crippen molar-refractivity contribution in [1.82, 2.24) is 14.8 Å². The van der Waals surface area contributed by atoms with E-state index >= 15 is 0 Å². The van der Waals surface area contributed by atoms with Crippen molar-refractivity contribution in [2.24, 2.45) is 0 Å². The molecule has 2 N–H and O–H groups in total. The molecular weight excluding hydrogens is 563 g/mol. The second-order valence-electron chi connectivity index (χ2n) is 10.4. The van der Waals surface area contributed by atoms with Crippen LogP contribution >= 0.6 is 23.7 Å². The molecule has 0 bridgehead atoms. The molecule has 1 fully saturated rings. The van der Waals surface area contributed by atoms with Crippen LogP contribution in [0, 0.1) is 5.82 Å². The summed E-state index contributed by atoms with van der Waals surface area (Å²) < 4.78 is 14.2. The van der Waals surface area contributed by atoms with Crippen LogP contribution in [0.4, 0.5) is 9.52 Å². The van der Waals surface area contributed by atoms with Crippen molar-refractivity contribution in [3.8, 4) is 16.9 Å². The number of nitrogens with zero attached hydrogens (tertiary/aromatic N) is 3. The molecule has 0 spiro atoms. The van der Waals surface area contributed by atoms with Gasteiger partial charge in [-0.3, -0.25) is 14.9 Å². The van der Waals surface area contributed by atoms with Crippen LogP contribution < -0.4 is 5.32 Å². The van der Waals surface area contributed by atoms with Crippen LogP contribution in [0.2, 0.25) is 0 Å². The van der Waals surface area contributed by atoms with Crippen LogP contribution in [0.3, 0.4) is 0 Å². The minimum atomic E-state index is -1.25. The van der Waals surface area contributed by atoms with Gasteiger partial charge >= 0.3 is 0 Å². The van der Waals surface area contributed by atoms with Gasteiger partial charge in [-0.15, -0.1) is 23.7 Å². The number of piperidine rings is 1. The zero-order chi connectivity index (χ0) is 27.8. The fourth-order valence-corrected chi connectivity index (χ4v) is 6.19. The highest BCUT2D eigenvalue weighted by atomic mass is 35.5. The van der Waals surface area contributed by atoms with Crippen molar-refractivity contribution in [3.05, 3.63) is 100 Å². The second kappa shape index (κ2) is 12.0. The summed E-state index contributed by atoms with van der Waals surface area (Å²) in [5.74, 6) is -1.26. The lowest BCUT2D eigenvalue weighted by Crippen LogP contribution is -2.37. The molecule has 4 aromatic rings. The first-order valence-corrected chi connectivity index (χ1v) is 14.2. The van der Waals surface area contributed by atoms with Gasteiger partial charge in [-0.2, -0.15) is 0 Å². The number of phenols is 1. The molecule has 1 saturated heterocycles. The van der Waals surface area contributed by atoms with Crippen LogP contribution in [0.5, 0.6) is 5.75 Å². The van der Waals surface area contributed by atoms with E-state index in [2.05, 4.69) is 46.5 Å². The highest BCUT2D eigenvalue weighted by Crippen LogP contribution is 2.38. The molecule has 3 aromatic carbocycles. The zero-order valence-electron chi connectivity index (χ0n) is 22.4. The number of anilines is 1. The molecule has 1 unspecified atom stereocenters. The number of fused-ring (bicyclic) bond motifs is 1. The molecule has 0 aliphatic carbocycles. The van der Waals surface area contributed by atoms with Crippen molar-refractivity contribution >= 4 is 40.7 Å². The van der Waals surface area contributed by atoms with Gasteiger partial charge < -0.3 is 14.9 Å². The number of hydrogen-bond donors (Lipinski definition) is 2. The molecule has 1 aromatic heterocycles. The van der Waals surface area contributed by atoms with E-state index in [0.29, 0.717) is 16.6 Å². The summed E-state index contributed by atoms with van der Waals surface area (Å²) in [6.45, 7) is 2.35. The number of phenolic OH excluding ortho intramolecular Hbond substituents is 1. The third-order valence-corrected chi connectivity index (χ3v) is 8.57. The number of benzene rings is 3. The minimum Gasteiger partial charge on any atom is -0.508 e. The van der Waals surface area contributed by atoms with Crippen molar-refractivity contribution in [2.45, 2.75) is 31.3 Å². The summed E-state index contributed by atoms with van der Waals surface area (Å²) in [6.07, 6.45) is 3.85. The van der Waals surface area contributed by atoms with Gasteiger partial charge in [-0.05, 0) is 85.4 Å². The maximum atomic E-state index is 14.2. The number of carbonyl (C=O) groups is 2. The normalized spacial score (nSPS) is 16.2. The Morgan fingerprint density at radius 1 is 1.07 bits per heavy atom. The number of nitrogens with one attached hydrogen (secondary N) is 1. The Morgan fingerprint density at radius 2 is 1.80 bits per heavy atom. The molecule has 0 saturated carbocycles. The molecule has 41 heavy (non-hydrogen) atoms. The van der Waals surface area contributed by atoms with Crippen molar-refractivity contribution in [1.29, 1.82) is 0 Å². The highest BCUT2D eigenvalue weighted by Gasteiger charge is 2.39. The zero-order valence-corrected chi connectivity index (χ0v) is 24.1. The molecule has 0 radical (unpaired) electrons. The van der Waals surface area contributed by atoms with Crippen LogP contribution in [0.15, 0.2) is 72.2 Å². The lowest BCUT2D eigenvalue weighted by Gasteiger charge is -2.29. The third kappa shape index (κ3) is 5.84. The predicted octanol–water partition coefficient (Wildman–Crippen LogP) is 6.22. The van der Waals surface area contributed by atoms with E-state index in [-0.39, 0.29) is 36.2 Å². The van der Waals surface area contributed by atoms with Gasteiger partial charge in [0.15, 0.2) is 5.13 Å². The maximum absolute atomic E-state index is 14.2. The maximum Gasteiger partial charge on any atom is 0.255 e. The van der Waals surface area contributed by atoms with Crippen LogP contribution in [-0.2, 0) is 11.3 Å². The predicted molar refractivity (Wildman–Crippen MR) is 160 cm³/mol. The molecule has 6 rings (SSSR count). The van der Waals surface area contributed by atoms with Gasteiger partial charge in [-0.1, -0.05) is 36.4 Å². The lowest BCUT2D eigenvalue weighted by molar-refractivity contribution is -0.120. The summed E-state index contributed by atoms with van der Waals surface area (Å²) in [7, 11) is 2.16. The molecule has 1 atom stereocenters. The molecule has 10 heteroatoms. The summed E-state index contributed by atoms with van der Waals surface area (Å²) in [4.78, 5) is 35.0. The van der Waals surface area contributed by atoms with Gasteiger partial charge in [0.05, 0.1) is 0 Å². The van der Waals surface area contributed by atoms with E-state index in [1.807, 2.05) is 18.2 Å². The number of likely N-dealkylation sites (tertiary alicyclic amines) is 1. The number of hydrogen-bond acceptors (Lipinski definition) is 6. The Morgan fingerprint density at radius 3 is 2.51 bits per heavy atom. The number of amides is 2. The highest BCUT2D eigenvalue weighted by molar-refractivity contribution is 7.13. The number of aromatic hydroxyl groups is 1. The topological polar surface area (TPSA) is 85.8 Å². The Labute approximate surface area is 248 Å². The van der Waals surface area contributed by atoms with E-state index < -0.39 is 17.8 Å². The number of rotatable bonds is 6. The Balaban J connectivity index is 0.00000337. The van der Waals surface area contributed by atoms with Crippen molar-refractivity contribution in [3.63, 3.8) is 0 Å². The molecule has 212 valence electrons. The molecule has 2 aliphatic rings. The average molecular weight is 593 g/mol. The van der Waals surface area contributed by atoms with Crippen LogP contribution in [0.25, 0.3) is 11.1 Å². The largest absolute Gasteiger partial charge is 0.508 e. The van der Waals surface area contributed by atoms with E-state index in [4.69, 9.17) is 0 Å².